The molecule has 0 saturated heterocycles. The summed E-state index contributed by atoms with van der Waals surface area (Å²) in [6.45, 7) is 3.67. The van der Waals surface area contributed by atoms with Crippen LogP contribution in [-0.2, 0) is 21.3 Å². The van der Waals surface area contributed by atoms with Crippen molar-refractivity contribution in [2.75, 3.05) is 13.7 Å². The Balaban J connectivity index is 2.05. The van der Waals surface area contributed by atoms with Crippen molar-refractivity contribution >= 4 is 26.8 Å². The van der Waals surface area contributed by atoms with E-state index in [0.717, 1.165) is 16.3 Å². The van der Waals surface area contributed by atoms with E-state index in [0.29, 0.717) is 24.3 Å². The standard InChI is InChI=1S/C22H23NO5S/c1-15-4-9-19(10-5-15)29(25,26)28-22-11-7-17-6-8-18(27-3)14-21(17)20(22)12-13-23-16(2)24/h4-11,14H,12-13H2,1-3H3,(H,23,24). The smallest absolute Gasteiger partial charge is 0.339 e. The van der Waals surface area contributed by atoms with Gasteiger partial charge >= 0.3 is 10.1 Å². The van der Waals surface area contributed by atoms with Crippen LogP contribution < -0.4 is 14.2 Å². The van der Waals surface area contributed by atoms with Gasteiger partial charge in [0, 0.05) is 19.0 Å². The molecule has 3 aromatic rings. The van der Waals surface area contributed by atoms with E-state index in [-0.39, 0.29) is 16.6 Å². The quantitative estimate of drug-likeness (QED) is 0.599. The van der Waals surface area contributed by atoms with Crippen molar-refractivity contribution in [2.45, 2.75) is 25.2 Å². The van der Waals surface area contributed by atoms with Gasteiger partial charge in [0.25, 0.3) is 0 Å². The number of carbonyl (C=O) groups is 1. The van der Waals surface area contributed by atoms with Gasteiger partial charge in [0.05, 0.1) is 7.11 Å². The second-order valence-electron chi connectivity index (χ2n) is 6.71. The van der Waals surface area contributed by atoms with Gasteiger partial charge in [-0.3, -0.25) is 4.79 Å². The van der Waals surface area contributed by atoms with E-state index in [2.05, 4.69) is 5.32 Å². The lowest BCUT2D eigenvalue weighted by Gasteiger charge is -2.15. The average Bonchev–Trinajstić information content (AvgIpc) is 2.68. The molecule has 0 heterocycles. The third-order valence-corrected chi connectivity index (χ3v) is 5.80. The third kappa shape index (κ3) is 4.86. The second kappa shape index (κ2) is 8.53. The molecule has 0 bridgehead atoms. The van der Waals surface area contributed by atoms with Gasteiger partial charge in [0.15, 0.2) is 0 Å². The first-order chi connectivity index (χ1) is 13.8. The number of ether oxygens (including phenoxy) is 1. The zero-order valence-corrected chi connectivity index (χ0v) is 17.4. The van der Waals surface area contributed by atoms with Crippen LogP contribution in [0.1, 0.15) is 18.1 Å². The minimum Gasteiger partial charge on any atom is -0.497 e. The normalized spacial score (nSPS) is 11.3. The minimum absolute atomic E-state index is 0.0849. The van der Waals surface area contributed by atoms with Crippen LogP contribution in [0, 0.1) is 6.92 Å². The van der Waals surface area contributed by atoms with Gasteiger partial charge in [-0.15, -0.1) is 0 Å². The molecule has 29 heavy (non-hydrogen) atoms. The number of methoxy groups -OCH3 is 1. The molecule has 1 amide bonds. The fraction of sp³-hybridized carbons (Fsp3) is 0.227. The van der Waals surface area contributed by atoms with Crippen molar-refractivity contribution in [2.24, 2.45) is 0 Å². The van der Waals surface area contributed by atoms with Crippen LogP contribution in [0.3, 0.4) is 0 Å². The highest BCUT2D eigenvalue weighted by Gasteiger charge is 2.20. The molecule has 7 heteroatoms. The highest BCUT2D eigenvalue weighted by molar-refractivity contribution is 7.87. The summed E-state index contributed by atoms with van der Waals surface area (Å²) >= 11 is 0. The first-order valence-electron chi connectivity index (χ1n) is 9.15. The Bertz CT molecular complexity index is 1140. The van der Waals surface area contributed by atoms with Crippen molar-refractivity contribution in [3.63, 3.8) is 0 Å². The number of hydrogen-bond acceptors (Lipinski definition) is 5. The van der Waals surface area contributed by atoms with Crippen LogP contribution in [0.4, 0.5) is 0 Å². The third-order valence-electron chi connectivity index (χ3n) is 4.56. The number of benzene rings is 3. The number of nitrogens with one attached hydrogen (secondary N) is 1. The number of carbonyl (C=O) groups excluding carboxylic acids is 1. The van der Waals surface area contributed by atoms with Crippen molar-refractivity contribution in [3.8, 4) is 11.5 Å². The maximum atomic E-state index is 12.8. The number of fused-ring (bicyclic) bond motifs is 1. The van der Waals surface area contributed by atoms with Crippen LogP contribution >= 0.6 is 0 Å². The van der Waals surface area contributed by atoms with Crippen molar-refractivity contribution in [3.05, 3.63) is 65.7 Å². The Morgan fingerprint density at radius 1 is 1.03 bits per heavy atom. The highest BCUT2D eigenvalue weighted by Crippen LogP contribution is 2.33. The molecule has 0 aromatic heterocycles. The van der Waals surface area contributed by atoms with E-state index in [4.69, 9.17) is 8.92 Å². The van der Waals surface area contributed by atoms with Gasteiger partial charge in [0.1, 0.15) is 16.4 Å². The lowest BCUT2D eigenvalue weighted by molar-refractivity contribution is -0.118. The Morgan fingerprint density at radius 3 is 2.38 bits per heavy atom. The molecule has 0 aliphatic carbocycles. The topological polar surface area (TPSA) is 81.7 Å². The Labute approximate surface area is 170 Å². The van der Waals surface area contributed by atoms with E-state index in [9.17, 15) is 13.2 Å². The van der Waals surface area contributed by atoms with Crippen molar-refractivity contribution < 1.29 is 22.1 Å². The van der Waals surface area contributed by atoms with Gasteiger partial charge in [-0.05, 0) is 54.4 Å². The molecule has 3 rings (SSSR count). The van der Waals surface area contributed by atoms with Gasteiger partial charge in [-0.1, -0.05) is 29.8 Å². The fourth-order valence-electron chi connectivity index (χ4n) is 3.04. The van der Waals surface area contributed by atoms with Gasteiger partial charge in [-0.25, -0.2) is 0 Å². The van der Waals surface area contributed by atoms with E-state index >= 15 is 0 Å². The first kappa shape index (κ1) is 20.7. The maximum absolute atomic E-state index is 12.8. The predicted molar refractivity (Wildman–Crippen MR) is 112 cm³/mol. The zero-order valence-electron chi connectivity index (χ0n) is 16.6. The van der Waals surface area contributed by atoms with Crippen LogP contribution in [0.25, 0.3) is 10.8 Å². The molecule has 0 fully saturated rings. The highest BCUT2D eigenvalue weighted by atomic mass is 32.2. The Morgan fingerprint density at radius 2 is 1.72 bits per heavy atom. The maximum Gasteiger partial charge on any atom is 0.339 e. The van der Waals surface area contributed by atoms with Gasteiger partial charge in [-0.2, -0.15) is 8.42 Å². The monoisotopic (exact) mass is 413 g/mol. The van der Waals surface area contributed by atoms with Crippen LogP contribution in [0.2, 0.25) is 0 Å². The number of hydrogen-bond donors (Lipinski definition) is 1. The van der Waals surface area contributed by atoms with Gasteiger partial charge in [0.2, 0.25) is 5.91 Å². The van der Waals surface area contributed by atoms with Crippen LogP contribution in [0.5, 0.6) is 11.5 Å². The lowest BCUT2D eigenvalue weighted by atomic mass is 10.0. The molecule has 0 aliphatic rings. The summed E-state index contributed by atoms with van der Waals surface area (Å²) in [6.07, 6.45) is 0.406. The van der Waals surface area contributed by atoms with E-state index in [1.807, 2.05) is 25.1 Å². The number of aryl methyl sites for hydroxylation is 1. The molecule has 0 atom stereocenters. The summed E-state index contributed by atoms with van der Waals surface area (Å²) < 4.78 is 36.4. The molecule has 0 unspecified atom stereocenters. The van der Waals surface area contributed by atoms with E-state index < -0.39 is 10.1 Å². The second-order valence-corrected chi connectivity index (χ2v) is 8.26. The molecule has 0 aliphatic heterocycles. The molecule has 1 N–H and O–H groups in total. The summed E-state index contributed by atoms with van der Waals surface area (Å²) in [6, 6.07) is 15.5. The fourth-order valence-corrected chi connectivity index (χ4v) is 4.00. The largest absolute Gasteiger partial charge is 0.497 e. The lowest BCUT2D eigenvalue weighted by Crippen LogP contribution is -2.23. The molecule has 3 aromatic carbocycles. The zero-order chi connectivity index (χ0) is 21.0. The summed E-state index contributed by atoms with van der Waals surface area (Å²) in [4.78, 5) is 11.4. The van der Waals surface area contributed by atoms with Crippen molar-refractivity contribution in [1.29, 1.82) is 0 Å². The Hall–Kier alpha value is -3.06. The molecular formula is C22H23NO5S. The summed E-state index contributed by atoms with van der Waals surface area (Å²) in [7, 11) is -2.43. The number of rotatable bonds is 7. The first-order valence-corrected chi connectivity index (χ1v) is 10.6. The SMILES string of the molecule is COc1ccc2ccc(OS(=O)(=O)c3ccc(C)cc3)c(CCNC(C)=O)c2c1. The van der Waals surface area contributed by atoms with Crippen LogP contribution in [-0.4, -0.2) is 28.0 Å². The van der Waals surface area contributed by atoms with Crippen molar-refractivity contribution in [1.82, 2.24) is 5.32 Å². The summed E-state index contributed by atoms with van der Waals surface area (Å²) in [5, 5.41) is 4.47. The minimum atomic E-state index is -4.00. The molecular weight excluding hydrogens is 390 g/mol. The van der Waals surface area contributed by atoms with E-state index in [1.165, 1.54) is 19.1 Å². The molecule has 0 spiro atoms. The molecule has 152 valence electrons. The average molecular weight is 413 g/mol. The van der Waals surface area contributed by atoms with Crippen LogP contribution in [0.15, 0.2) is 59.5 Å². The van der Waals surface area contributed by atoms with E-state index in [1.54, 1.807) is 31.4 Å². The summed E-state index contributed by atoms with van der Waals surface area (Å²) in [5.41, 5.74) is 1.64. The summed E-state index contributed by atoms with van der Waals surface area (Å²) in [5.74, 6) is 0.728. The Kier molecular flexibility index (Phi) is 6.08. The predicted octanol–water partition coefficient (Wildman–Crippen LogP) is 3.60. The number of amides is 1. The molecule has 0 saturated carbocycles. The molecule has 0 radical (unpaired) electrons. The van der Waals surface area contributed by atoms with Gasteiger partial charge < -0.3 is 14.2 Å². The molecule has 6 nitrogen and oxygen atoms in total.